The molecule has 1 aliphatic rings. The van der Waals surface area contributed by atoms with Crippen LogP contribution in [0.15, 0.2) is 45.9 Å². The van der Waals surface area contributed by atoms with E-state index in [4.69, 9.17) is 4.74 Å². The van der Waals surface area contributed by atoms with Crippen molar-refractivity contribution in [3.8, 4) is 0 Å². The minimum atomic E-state index is -0.458. The highest BCUT2D eigenvalue weighted by atomic mass is 79.9. The summed E-state index contributed by atoms with van der Waals surface area (Å²) in [6.45, 7) is 1.26. The first-order valence-electron chi connectivity index (χ1n) is 9.38. The van der Waals surface area contributed by atoms with Crippen molar-refractivity contribution in [2.75, 3.05) is 25.1 Å². The van der Waals surface area contributed by atoms with E-state index < -0.39 is 6.04 Å². The first-order chi connectivity index (χ1) is 14.0. The number of anilines is 1. The minimum Gasteiger partial charge on any atom is -0.469 e. The number of aromatic amines is 1. The number of aromatic nitrogens is 2. The van der Waals surface area contributed by atoms with Gasteiger partial charge in [-0.1, -0.05) is 28.1 Å². The maximum absolute atomic E-state index is 12.9. The van der Waals surface area contributed by atoms with Gasteiger partial charge in [0.05, 0.1) is 25.9 Å². The van der Waals surface area contributed by atoms with Gasteiger partial charge in [0.25, 0.3) is 5.56 Å². The molecule has 1 atom stereocenters. The van der Waals surface area contributed by atoms with Crippen LogP contribution in [0.3, 0.4) is 0 Å². The van der Waals surface area contributed by atoms with Crippen LogP contribution in [0.1, 0.15) is 30.9 Å². The van der Waals surface area contributed by atoms with Gasteiger partial charge >= 0.3 is 5.97 Å². The molecule has 0 spiro atoms. The van der Waals surface area contributed by atoms with Gasteiger partial charge in [-0.25, -0.2) is 4.98 Å². The summed E-state index contributed by atoms with van der Waals surface area (Å²) >= 11 is 3.43. The average Bonchev–Trinajstić information content (AvgIpc) is 2.73. The number of benzene rings is 1. The van der Waals surface area contributed by atoms with Crippen LogP contribution in [0, 0.1) is 5.92 Å². The SMILES string of the molecule is COC(=O)CC(NC(=O)C1CCN(c2cc(=O)[nH]cn2)CC1)c1cccc(Br)c1. The van der Waals surface area contributed by atoms with E-state index in [0.29, 0.717) is 31.7 Å². The number of amides is 1. The van der Waals surface area contributed by atoms with Gasteiger partial charge in [0.15, 0.2) is 0 Å². The predicted octanol–water partition coefficient (Wildman–Crippen LogP) is 2.17. The van der Waals surface area contributed by atoms with Gasteiger partial charge in [0.1, 0.15) is 5.82 Å². The molecular formula is C20H23BrN4O4. The lowest BCUT2D eigenvalue weighted by molar-refractivity contribution is -0.141. The lowest BCUT2D eigenvalue weighted by atomic mass is 9.94. The zero-order valence-electron chi connectivity index (χ0n) is 16.1. The fraction of sp³-hybridized carbons (Fsp3) is 0.400. The van der Waals surface area contributed by atoms with Gasteiger partial charge in [0.2, 0.25) is 5.91 Å². The molecule has 1 fully saturated rings. The molecule has 29 heavy (non-hydrogen) atoms. The van der Waals surface area contributed by atoms with Crippen molar-refractivity contribution in [3.05, 3.63) is 57.0 Å². The van der Waals surface area contributed by atoms with E-state index in [-0.39, 0.29) is 29.8 Å². The lowest BCUT2D eigenvalue weighted by Gasteiger charge is -2.32. The summed E-state index contributed by atoms with van der Waals surface area (Å²) in [5.74, 6) is -0.0197. The minimum absolute atomic E-state index is 0.0637. The van der Waals surface area contributed by atoms with Crippen LogP contribution in [0.4, 0.5) is 5.82 Å². The molecule has 2 aromatic rings. The van der Waals surface area contributed by atoms with Crippen LogP contribution in [0.5, 0.6) is 0 Å². The van der Waals surface area contributed by atoms with Gasteiger partial charge in [0, 0.05) is 29.5 Å². The maximum atomic E-state index is 12.9. The number of carbonyl (C=O) groups is 2. The third-order valence-corrected chi connectivity index (χ3v) is 5.51. The highest BCUT2D eigenvalue weighted by Crippen LogP contribution is 2.25. The molecule has 2 N–H and O–H groups in total. The number of rotatable bonds is 6. The number of esters is 1. The first kappa shape index (κ1) is 21.0. The van der Waals surface area contributed by atoms with Gasteiger partial charge in [-0.15, -0.1) is 0 Å². The molecule has 0 saturated carbocycles. The number of halogens is 1. The normalized spacial score (nSPS) is 15.6. The molecule has 0 aliphatic carbocycles. The summed E-state index contributed by atoms with van der Waals surface area (Å²) in [4.78, 5) is 44.9. The Bertz CT molecular complexity index is 924. The highest BCUT2D eigenvalue weighted by molar-refractivity contribution is 9.10. The van der Waals surface area contributed by atoms with Crippen molar-refractivity contribution in [2.45, 2.75) is 25.3 Å². The lowest BCUT2D eigenvalue weighted by Crippen LogP contribution is -2.42. The van der Waals surface area contributed by atoms with Crippen molar-refractivity contribution >= 4 is 33.6 Å². The van der Waals surface area contributed by atoms with Crippen molar-refractivity contribution in [1.82, 2.24) is 15.3 Å². The van der Waals surface area contributed by atoms with Gasteiger partial charge in [-0.2, -0.15) is 0 Å². The smallest absolute Gasteiger partial charge is 0.307 e. The van der Waals surface area contributed by atoms with E-state index in [1.807, 2.05) is 29.2 Å². The van der Waals surface area contributed by atoms with E-state index in [1.165, 1.54) is 19.5 Å². The predicted molar refractivity (Wildman–Crippen MR) is 111 cm³/mol. The molecule has 2 heterocycles. The second-order valence-electron chi connectivity index (χ2n) is 6.93. The Morgan fingerprint density at radius 3 is 2.76 bits per heavy atom. The number of piperidine rings is 1. The molecule has 1 saturated heterocycles. The van der Waals surface area contributed by atoms with Crippen molar-refractivity contribution in [3.63, 3.8) is 0 Å². The molecule has 1 aromatic carbocycles. The van der Waals surface area contributed by atoms with E-state index in [9.17, 15) is 14.4 Å². The van der Waals surface area contributed by atoms with Crippen molar-refractivity contribution < 1.29 is 14.3 Å². The van der Waals surface area contributed by atoms with E-state index in [0.717, 1.165) is 10.0 Å². The van der Waals surface area contributed by atoms with Crippen LogP contribution in [0.2, 0.25) is 0 Å². The second kappa shape index (κ2) is 9.69. The fourth-order valence-corrected chi connectivity index (χ4v) is 3.83. The molecular weight excluding hydrogens is 440 g/mol. The summed E-state index contributed by atoms with van der Waals surface area (Å²) < 4.78 is 5.66. The van der Waals surface area contributed by atoms with Crippen LogP contribution in [-0.2, 0) is 14.3 Å². The first-order valence-corrected chi connectivity index (χ1v) is 10.2. The summed E-state index contributed by atoms with van der Waals surface area (Å²) in [7, 11) is 1.33. The molecule has 3 rings (SSSR count). The largest absolute Gasteiger partial charge is 0.469 e. The molecule has 1 aliphatic heterocycles. The fourth-order valence-electron chi connectivity index (χ4n) is 3.42. The van der Waals surface area contributed by atoms with Crippen LogP contribution in [0.25, 0.3) is 0 Å². The molecule has 1 amide bonds. The van der Waals surface area contributed by atoms with Gasteiger partial charge < -0.3 is 19.9 Å². The monoisotopic (exact) mass is 462 g/mol. The summed E-state index contributed by atoms with van der Waals surface area (Å²) in [5, 5.41) is 3.01. The van der Waals surface area contributed by atoms with Crippen molar-refractivity contribution in [2.24, 2.45) is 5.92 Å². The molecule has 154 valence electrons. The third kappa shape index (κ3) is 5.66. The molecule has 1 aromatic heterocycles. The standard InChI is InChI=1S/C20H23BrN4O4/c1-29-19(27)10-16(14-3-2-4-15(21)9-14)24-20(28)13-5-7-25(8-6-13)17-11-18(26)23-12-22-17/h2-4,9,11-13,16H,5-8,10H2,1H3,(H,24,28)(H,22,23,26). The van der Waals surface area contributed by atoms with E-state index in [2.05, 4.69) is 31.2 Å². The van der Waals surface area contributed by atoms with Crippen LogP contribution >= 0.6 is 15.9 Å². The molecule has 8 nitrogen and oxygen atoms in total. The van der Waals surface area contributed by atoms with Gasteiger partial charge in [-0.05, 0) is 30.5 Å². The zero-order valence-corrected chi connectivity index (χ0v) is 17.6. The molecule has 9 heteroatoms. The zero-order chi connectivity index (χ0) is 20.8. The van der Waals surface area contributed by atoms with E-state index in [1.54, 1.807) is 0 Å². The van der Waals surface area contributed by atoms with Gasteiger partial charge in [-0.3, -0.25) is 14.4 Å². The maximum Gasteiger partial charge on any atom is 0.307 e. The van der Waals surface area contributed by atoms with Crippen LogP contribution < -0.4 is 15.8 Å². The second-order valence-corrected chi connectivity index (χ2v) is 7.84. The summed E-state index contributed by atoms with van der Waals surface area (Å²) in [5.41, 5.74) is 0.637. The number of hydrogen-bond acceptors (Lipinski definition) is 6. The Kier molecular flexibility index (Phi) is 7.03. The highest BCUT2D eigenvalue weighted by Gasteiger charge is 2.28. The average molecular weight is 463 g/mol. The number of ether oxygens (including phenoxy) is 1. The molecule has 1 unspecified atom stereocenters. The molecule has 0 radical (unpaired) electrons. The number of nitrogens with zero attached hydrogens (tertiary/aromatic N) is 2. The van der Waals surface area contributed by atoms with Crippen molar-refractivity contribution in [1.29, 1.82) is 0 Å². The number of methoxy groups -OCH3 is 1. The Labute approximate surface area is 176 Å². The Hall–Kier alpha value is -2.68. The Morgan fingerprint density at radius 2 is 2.10 bits per heavy atom. The Balaban J connectivity index is 1.64. The topological polar surface area (TPSA) is 104 Å². The quantitative estimate of drug-likeness (QED) is 0.637. The number of carbonyl (C=O) groups excluding carboxylic acids is 2. The van der Waals surface area contributed by atoms with E-state index >= 15 is 0 Å². The third-order valence-electron chi connectivity index (χ3n) is 5.02. The Morgan fingerprint density at radius 1 is 1.34 bits per heavy atom. The number of hydrogen-bond donors (Lipinski definition) is 2. The number of nitrogens with one attached hydrogen (secondary N) is 2. The summed E-state index contributed by atoms with van der Waals surface area (Å²) in [6.07, 6.45) is 2.73. The molecule has 0 bridgehead atoms. The number of H-pyrrole nitrogens is 1. The van der Waals surface area contributed by atoms with Crippen LogP contribution in [-0.4, -0.2) is 42.0 Å². The summed E-state index contributed by atoms with van der Waals surface area (Å²) in [6, 6.07) is 8.51.